The van der Waals surface area contributed by atoms with Crippen molar-refractivity contribution in [3.8, 4) is 0 Å². The van der Waals surface area contributed by atoms with Gasteiger partial charge in [-0.05, 0) is 30.9 Å². The average Bonchev–Trinajstić information content (AvgIpc) is 2.75. The molecule has 0 aliphatic heterocycles. The van der Waals surface area contributed by atoms with E-state index in [0.29, 0.717) is 0 Å². The molecule has 0 aliphatic carbocycles. The van der Waals surface area contributed by atoms with E-state index in [1.54, 1.807) is 0 Å². The van der Waals surface area contributed by atoms with Gasteiger partial charge in [0.2, 0.25) is 0 Å². The number of carbonyl (C=O) groups excluding carboxylic acids is 1. The zero-order valence-corrected chi connectivity index (χ0v) is 23.3. The Morgan fingerprint density at radius 1 is 0.844 bits per heavy atom. The van der Waals surface area contributed by atoms with Crippen LogP contribution in [0.25, 0.3) is 0 Å². The van der Waals surface area contributed by atoms with Crippen molar-refractivity contribution in [2.45, 2.75) is 109 Å². The summed E-state index contributed by atoms with van der Waals surface area (Å²) in [6, 6.07) is 5.46. The van der Waals surface area contributed by atoms with Crippen molar-refractivity contribution in [1.29, 1.82) is 0 Å². The third-order valence-electron chi connectivity index (χ3n) is 5.76. The van der Waals surface area contributed by atoms with Crippen LogP contribution in [0.5, 0.6) is 0 Å². The first-order valence-electron chi connectivity index (χ1n) is 12.1. The van der Waals surface area contributed by atoms with Crippen LogP contribution < -0.4 is 29.6 Å². The molecule has 0 spiro atoms. The van der Waals surface area contributed by atoms with Gasteiger partial charge in [0.05, 0.1) is 17.1 Å². The van der Waals surface area contributed by atoms with E-state index in [9.17, 15) is 17.8 Å². The summed E-state index contributed by atoms with van der Waals surface area (Å²) in [5, 5.41) is 0. The summed E-state index contributed by atoms with van der Waals surface area (Å²) in [6.07, 6.45) is 16.7. The largest absolute Gasteiger partial charge is 1.00 e. The molecule has 0 radical (unpaired) electrons. The molecule has 0 bridgehead atoms. The maximum absolute atomic E-state index is 12.5. The Morgan fingerprint density at radius 2 is 1.31 bits per heavy atom. The van der Waals surface area contributed by atoms with Crippen molar-refractivity contribution in [3.05, 3.63) is 29.8 Å². The molecule has 32 heavy (non-hydrogen) atoms. The molecule has 0 fully saturated rings. The maximum atomic E-state index is 12.5. The molecule has 0 N–H and O–H groups in total. The first kappa shape index (κ1) is 31.6. The molecule has 0 saturated carbocycles. The summed E-state index contributed by atoms with van der Waals surface area (Å²) in [5.74, 6) is -0.456. The van der Waals surface area contributed by atoms with E-state index in [4.69, 9.17) is 4.74 Å². The SMILES string of the molecule is CCCCCCCCCC(CCCCCCC)COC(=O)c1ccccc1S(=O)(=O)[O-].[Na+]. The van der Waals surface area contributed by atoms with Gasteiger partial charge in [-0.2, -0.15) is 0 Å². The number of carbonyl (C=O) groups is 1. The van der Waals surface area contributed by atoms with E-state index in [-0.39, 0.29) is 47.6 Å². The summed E-state index contributed by atoms with van der Waals surface area (Å²) < 4.78 is 39.8. The van der Waals surface area contributed by atoms with Crippen LogP contribution in [-0.2, 0) is 14.9 Å². The minimum atomic E-state index is -4.72. The second kappa shape index (κ2) is 19.0. The van der Waals surface area contributed by atoms with Crippen LogP contribution in [0.2, 0.25) is 0 Å². The van der Waals surface area contributed by atoms with Crippen LogP contribution in [0.4, 0.5) is 0 Å². The van der Waals surface area contributed by atoms with Crippen molar-refractivity contribution >= 4 is 16.1 Å². The molecule has 0 heterocycles. The Labute approximate surface area is 218 Å². The normalized spacial score (nSPS) is 12.2. The van der Waals surface area contributed by atoms with Gasteiger partial charge in [-0.15, -0.1) is 0 Å². The summed E-state index contributed by atoms with van der Waals surface area (Å²) in [4.78, 5) is 12.0. The second-order valence-electron chi connectivity index (χ2n) is 8.53. The second-order valence-corrected chi connectivity index (χ2v) is 9.88. The van der Waals surface area contributed by atoms with Gasteiger partial charge in [0.25, 0.3) is 0 Å². The fraction of sp³-hybridized carbons (Fsp3) is 0.720. The van der Waals surface area contributed by atoms with Crippen molar-refractivity contribution in [1.82, 2.24) is 0 Å². The molecule has 5 nitrogen and oxygen atoms in total. The molecule has 1 aromatic rings. The summed E-state index contributed by atoms with van der Waals surface area (Å²) in [7, 11) is -4.72. The summed E-state index contributed by atoms with van der Waals surface area (Å²) in [6.45, 7) is 4.69. The maximum Gasteiger partial charge on any atom is 1.00 e. The van der Waals surface area contributed by atoms with Gasteiger partial charge in [0, 0.05) is 0 Å². The zero-order valence-electron chi connectivity index (χ0n) is 20.4. The first-order chi connectivity index (χ1) is 14.9. The van der Waals surface area contributed by atoms with E-state index in [2.05, 4.69) is 13.8 Å². The van der Waals surface area contributed by atoms with Gasteiger partial charge in [-0.3, -0.25) is 0 Å². The Morgan fingerprint density at radius 3 is 1.81 bits per heavy atom. The van der Waals surface area contributed by atoms with Crippen molar-refractivity contribution in [2.24, 2.45) is 5.92 Å². The summed E-state index contributed by atoms with van der Waals surface area (Å²) >= 11 is 0. The van der Waals surface area contributed by atoms with E-state index >= 15 is 0 Å². The third-order valence-corrected chi connectivity index (χ3v) is 6.65. The molecule has 0 aromatic heterocycles. The predicted octanol–water partition coefficient (Wildman–Crippen LogP) is 3.87. The number of hydrogen-bond acceptors (Lipinski definition) is 5. The third kappa shape index (κ3) is 14.0. The van der Waals surface area contributed by atoms with E-state index in [1.807, 2.05) is 0 Å². The number of unbranched alkanes of at least 4 members (excludes halogenated alkanes) is 10. The molecule has 1 unspecified atom stereocenters. The van der Waals surface area contributed by atoms with Crippen LogP contribution >= 0.6 is 0 Å². The molecule has 0 saturated heterocycles. The Hall–Kier alpha value is -0.400. The standard InChI is InChI=1S/C25H42O5S.Na/c1-3-5-7-9-10-12-14-18-22(17-13-11-8-6-4-2)21-30-25(26)23-19-15-16-20-24(23)31(27,28)29;/h15-16,19-20,22H,3-14,17-18,21H2,1-2H3,(H,27,28,29);/q;+1/p-1. The quantitative estimate of drug-likeness (QED) is 0.139. The predicted molar refractivity (Wildman–Crippen MR) is 124 cm³/mol. The van der Waals surface area contributed by atoms with E-state index in [0.717, 1.165) is 31.7 Å². The Balaban J connectivity index is 0.00000961. The van der Waals surface area contributed by atoms with Crippen molar-refractivity contribution in [2.75, 3.05) is 6.61 Å². The first-order valence-corrected chi connectivity index (χ1v) is 13.5. The fourth-order valence-electron chi connectivity index (χ4n) is 3.86. The van der Waals surface area contributed by atoms with Gasteiger partial charge >= 0.3 is 35.5 Å². The molecule has 1 atom stereocenters. The van der Waals surface area contributed by atoms with Crippen molar-refractivity contribution < 1.29 is 52.1 Å². The minimum absolute atomic E-state index is 0. The minimum Gasteiger partial charge on any atom is -0.744 e. The van der Waals surface area contributed by atoms with Gasteiger partial charge in [-0.1, -0.05) is 103 Å². The van der Waals surface area contributed by atoms with Crippen LogP contribution in [0.1, 0.15) is 114 Å². The van der Waals surface area contributed by atoms with Crippen LogP contribution in [0.15, 0.2) is 29.2 Å². The smallest absolute Gasteiger partial charge is 0.744 e. The van der Waals surface area contributed by atoms with Crippen molar-refractivity contribution in [3.63, 3.8) is 0 Å². The van der Waals surface area contributed by atoms with E-state index in [1.165, 1.54) is 82.4 Å². The van der Waals surface area contributed by atoms with E-state index < -0.39 is 21.0 Å². The van der Waals surface area contributed by atoms with Crippen LogP contribution in [0, 0.1) is 5.92 Å². The zero-order chi connectivity index (χ0) is 23.0. The topological polar surface area (TPSA) is 83.5 Å². The van der Waals surface area contributed by atoms with Gasteiger partial charge in [-0.25, -0.2) is 13.2 Å². The van der Waals surface area contributed by atoms with Crippen LogP contribution in [-0.4, -0.2) is 25.5 Å². The molecule has 0 amide bonds. The molecule has 178 valence electrons. The number of benzene rings is 1. The molecule has 1 aromatic carbocycles. The van der Waals surface area contributed by atoms with Gasteiger partial charge in [0.15, 0.2) is 0 Å². The molecule has 7 heteroatoms. The number of rotatable bonds is 18. The van der Waals surface area contributed by atoms with Gasteiger partial charge in [0.1, 0.15) is 10.1 Å². The number of esters is 1. The molecular weight excluding hydrogens is 435 g/mol. The average molecular weight is 477 g/mol. The summed E-state index contributed by atoms with van der Waals surface area (Å²) in [5.41, 5.74) is -0.171. The number of hydrogen-bond donors (Lipinski definition) is 0. The number of ether oxygens (including phenoxy) is 1. The molecule has 0 aliphatic rings. The van der Waals surface area contributed by atoms with Gasteiger partial charge < -0.3 is 9.29 Å². The molecule has 1 rings (SSSR count). The van der Waals surface area contributed by atoms with Crippen LogP contribution in [0.3, 0.4) is 0 Å². The Kier molecular flexibility index (Phi) is 18.7. The fourth-order valence-corrected chi connectivity index (χ4v) is 4.53. The molecular formula is C25H41NaO5S. The Bertz CT molecular complexity index is 721. The monoisotopic (exact) mass is 476 g/mol.